The molecule has 2 aromatic carbocycles. The van der Waals surface area contributed by atoms with Crippen LogP contribution in [-0.4, -0.2) is 26.7 Å². The molecule has 0 saturated heterocycles. The number of oxazole rings is 1. The number of aryl methyl sites for hydroxylation is 2. The number of rotatable bonds is 6. The van der Waals surface area contributed by atoms with Gasteiger partial charge < -0.3 is 9.15 Å². The zero-order chi connectivity index (χ0) is 22.1. The number of thioether (sulfide) groups is 1. The summed E-state index contributed by atoms with van der Waals surface area (Å²) >= 11 is 1.63. The summed E-state index contributed by atoms with van der Waals surface area (Å²) in [6, 6.07) is 18.1. The highest BCUT2D eigenvalue weighted by Gasteiger charge is 2.15. The zero-order valence-corrected chi connectivity index (χ0v) is 18.9. The third-order valence-electron chi connectivity index (χ3n) is 5.35. The van der Waals surface area contributed by atoms with Gasteiger partial charge in [-0.2, -0.15) is 5.10 Å². The Morgan fingerprint density at radius 2 is 1.88 bits per heavy atom. The van der Waals surface area contributed by atoms with Crippen LogP contribution < -0.4 is 4.74 Å². The monoisotopic (exact) mass is 442 g/mol. The van der Waals surface area contributed by atoms with Gasteiger partial charge in [-0.25, -0.2) is 14.5 Å². The molecule has 0 aliphatic rings. The van der Waals surface area contributed by atoms with Gasteiger partial charge in [-0.05, 0) is 49.7 Å². The normalized spacial score (nSPS) is 11.2. The lowest BCUT2D eigenvalue weighted by molar-refractivity contribution is 0.415. The van der Waals surface area contributed by atoms with Crippen molar-refractivity contribution >= 4 is 17.3 Å². The van der Waals surface area contributed by atoms with E-state index in [-0.39, 0.29) is 0 Å². The molecule has 0 N–H and O–H groups in total. The molecule has 5 aromatic rings. The van der Waals surface area contributed by atoms with Crippen molar-refractivity contribution in [2.24, 2.45) is 0 Å². The van der Waals surface area contributed by atoms with Crippen LogP contribution in [0.3, 0.4) is 0 Å². The van der Waals surface area contributed by atoms with Crippen molar-refractivity contribution in [3.63, 3.8) is 0 Å². The lowest BCUT2D eigenvalue weighted by Crippen LogP contribution is -1.92. The van der Waals surface area contributed by atoms with Gasteiger partial charge in [0.25, 0.3) is 0 Å². The first-order valence-corrected chi connectivity index (χ1v) is 11.2. The minimum absolute atomic E-state index is 0.609. The van der Waals surface area contributed by atoms with Crippen molar-refractivity contribution in [3.05, 3.63) is 84.0 Å². The van der Waals surface area contributed by atoms with Gasteiger partial charge in [0.2, 0.25) is 5.89 Å². The van der Waals surface area contributed by atoms with E-state index < -0.39 is 0 Å². The van der Waals surface area contributed by atoms with Gasteiger partial charge in [0.15, 0.2) is 0 Å². The van der Waals surface area contributed by atoms with E-state index in [9.17, 15) is 0 Å². The van der Waals surface area contributed by atoms with Gasteiger partial charge in [-0.1, -0.05) is 36.0 Å². The Bertz CT molecular complexity index is 1390. The molecule has 0 spiro atoms. The first-order valence-electron chi connectivity index (χ1n) is 10.3. The molecule has 0 saturated carbocycles. The summed E-state index contributed by atoms with van der Waals surface area (Å²) in [4.78, 5) is 9.31. The predicted octanol–water partition coefficient (Wildman–Crippen LogP) is 5.97. The molecule has 0 atom stereocenters. The summed E-state index contributed by atoms with van der Waals surface area (Å²) < 4.78 is 13.0. The number of hydrogen-bond donors (Lipinski definition) is 0. The third kappa shape index (κ3) is 3.87. The van der Waals surface area contributed by atoms with E-state index in [0.29, 0.717) is 11.6 Å². The molecule has 160 valence electrons. The fourth-order valence-corrected chi connectivity index (χ4v) is 4.53. The maximum Gasteiger partial charge on any atom is 0.226 e. The second kappa shape index (κ2) is 8.51. The van der Waals surface area contributed by atoms with E-state index >= 15 is 0 Å². The number of benzene rings is 2. The molecule has 0 aliphatic carbocycles. The van der Waals surface area contributed by atoms with Crippen LogP contribution in [0.15, 0.2) is 76.4 Å². The van der Waals surface area contributed by atoms with Gasteiger partial charge in [-0.15, -0.1) is 0 Å². The van der Waals surface area contributed by atoms with Gasteiger partial charge >= 0.3 is 0 Å². The third-order valence-corrected chi connectivity index (χ3v) is 6.36. The molecule has 0 fully saturated rings. The van der Waals surface area contributed by atoms with Crippen LogP contribution in [0.5, 0.6) is 5.75 Å². The molecule has 3 heterocycles. The van der Waals surface area contributed by atoms with Gasteiger partial charge in [-0.3, -0.25) is 0 Å². The Balaban J connectivity index is 1.40. The van der Waals surface area contributed by atoms with Gasteiger partial charge in [0, 0.05) is 29.3 Å². The largest absolute Gasteiger partial charge is 0.497 e. The molecule has 5 rings (SSSR count). The second-order valence-electron chi connectivity index (χ2n) is 7.45. The Morgan fingerprint density at radius 3 is 2.66 bits per heavy atom. The topological polar surface area (TPSA) is 65.5 Å². The number of fused-ring (bicyclic) bond motifs is 1. The summed E-state index contributed by atoms with van der Waals surface area (Å²) in [6.07, 6.45) is 3.66. The van der Waals surface area contributed by atoms with Crippen molar-refractivity contribution < 1.29 is 9.15 Å². The standard InChI is InChI=1S/C25H22N4O2S/c1-16-6-4-5-7-20(16)21-14-23-25(26-12-13-29(23)28-21)32-15-22-17(2)31-24(27-22)18-8-10-19(30-3)11-9-18/h4-14H,15H2,1-3H3. The average molecular weight is 443 g/mol. The number of nitrogens with zero attached hydrogens (tertiary/aromatic N) is 4. The molecular weight excluding hydrogens is 420 g/mol. The summed E-state index contributed by atoms with van der Waals surface area (Å²) in [5.74, 6) is 2.88. The highest BCUT2D eigenvalue weighted by atomic mass is 32.2. The number of hydrogen-bond acceptors (Lipinski definition) is 6. The number of ether oxygens (including phenoxy) is 1. The molecule has 0 unspecified atom stereocenters. The van der Waals surface area contributed by atoms with Crippen LogP contribution in [0, 0.1) is 13.8 Å². The number of aromatic nitrogens is 4. The van der Waals surface area contributed by atoms with E-state index in [2.05, 4.69) is 30.1 Å². The van der Waals surface area contributed by atoms with Gasteiger partial charge in [0.05, 0.1) is 24.0 Å². The fraction of sp³-hybridized carbons (Fsp3) is 0.160. The Labute approximate surface area is 190 Å². The van der Waals surface area contributed by atoms with Crippen LogP contribution in [0.1, 0.15) is 17.0 Å². The summed E-state index contributed by atoms with van der Waals surface area (Å²) in [5, 5.41) is 5.66. The SMILES string of the molecule is COc1ccc(-c2nc(CSc3nccn4nc(-c5ccccc5C)cc34)c(C)o2)cc1. The maximum atomic E-state index is 5.92. The molecule has 0 bridgehead atoms. The quantitative estimate of drug-likeness (QED) is 0.302. The Kier molecular flexibility index (Phi) is 5.41. The van der Waals surface area contributed by atoms with Crippen LogP contribution in [0.25, 0.3) is 28.2 Å². The minimum atomic E-state index is 0.609. The molecular formula is C25H22N4O2S. The van der Waals surface area contributed by atoms with Crippen molar-refractivity contribution in [3.8, 4) is 28.5 Å². The summed E-state index contributed by atoms with van der Waals surface area (Å²) in [6.45, 7) is 4.04. The average Bonchev–Trinajstić information content (AvgIpc) is 3.42. The van der Waals surface area contributed by atoms with Crippen LogP contribution in [0.2, 0.25) is 0 Å². The van der Waals surface area contributed by atoms with Crippen LogP contribution >= 0.6 is 11.8 Å². The van der Waals surface area contributed by atoms with Crippen LogP contribution in [-0.2, 0) is 5.75 Å². The Morgan fingerprint density at radius 1 is 1.06 bits per heavy atom. The highest BCUT2D eigenvalue weighted by molar-refractivity contribution is 7.98. The molecule has 0 amide bonds. The van der Waals surface area contributed by atoms with Crippen molar-refractivity contribution in [1.82, 2.24) is 19.6 Å². The highest BCUT2D eigenvalue weighted by Crippen LogP contribution is 2.31. The van der Waals surface area contributed by atoms with E-state index in [4.69, 9.17) is 19.2 Å². The molecule has 32 heavy (non-hydrogen) atoms. The smallest absolute Gasteiger partial charge is 0.226 e. The summed E-state index contributed by atoms with van der Waals surface area (Å²) in [7, 11) is 1.65. The van der Waals surface area contributed by atoms with Crippen molar-refractivity contribution in [1.29, 1.82) is 0 Å². The van der Waals surface area contributed by atoms with Gasteiger partial charge in [0.1, 0.15) is 16.5 Å². The van der Waals surface area contributed by atoms with E-state index in [1.54, 1.807) is 25.1 Å². The molecule has 6 nitrogen and oxygen atoms in total. The fourth-order valence-electron chi connectivity index (χ4n) is 3.56. The van der Waals surface area contributed by atoms with Crippen LogP contribution in [0.4, 0.5) is 0 Å². The molecule has 7 heteroatoms. The maximum absolute atomic E-state index is 5.92. The van der Waals surface area contributed by atoms with Crippen molar-refractivity contribution in [2.45, 2.75) is 24.6 Å². The van der Waals surface area contributed by atoms with E-state index in [1.807, 2.05) is 54.0 Å². The number of methoxy groups -OCH3 is 1. The van der Waals surface area contributed by atoms with Crippen molar-refractivity contribution in [2.75, 3.05) is 7.11 Å². The predicted molar refractivity (Wildman–Crippen MR) is 126 cm³/mol. The molecule has 0 aliphatic heterocycles. The molecule has 3 aromatic heterocycles. The lowest BCUT2D eigenvalue weighted by Gasteiger charge is -2.01. The lowest BCUT2D eigenvalue weighted by atomic mass is 10.1. The minimum Gasteiger partial charge on any atom is -0.497 e. The zero-order valence-electron chi connectivity index (χ0n) is 18.1. The molecule has 0 radical (unpaired) electrons. The Hall–Kier alpha value is -3.58. The second-order valence-corrected chi connectivity index (χ2v) is 8.41. The first-order chi connectivity index (χ1) is 15.6. The first kappa shape index (κ1) is 20.3. The van der Waals surface area contributed by atoms with E-state index in [0.717, 1.165) is 44.6 Å². The summed E-state index contributed by atoms with van der Waals surface area (Å²) in [5.41, 5.74) is 6.07. The van der Waals surface area contributed by atoms with E-state index in [1.165, 1.54) is 5.56 Å².